The molecule has 14 bridgehead atoms. The molecule has 0 aliphatic carbocycles. The van der Waals surface area contributed by atoms with Crippen molar-refractivity contribution in [2.75, 3.05) is 18.1 Å². The predicted octanol–water partition coefficient (Wildman–Crippen LogP) is -1.47. The second kappa shape index (κ2) is 38.0. The van der Waals surface area contributed by atoms with Gasteiger partial charge in [0.25, 0.3) is 0 Å². The number of aliphatic hydroxyl groups excluding tert-OH is 13. The van der Waals surface area contributed by atoms with E-state index >= 15 is 0 Å². The van der Waals surface area contributed by atoms with Gasteiger partial charge in [0.1, 0.15) is 128 Å². The van der Waals surface area contributed by atoms with Crippen LogP contribution in [0.15, 0.2) is 0 Å². The summed E-state index contributed by atoms with van der Waals surface area (Å²) < 4.78 is 92.9. The van der Waals surface area contributed by atoms with E-state index in [1.807, 2.05) is 25.0 Å². The van der Waals surface area contributed by atoms with Crippen molar-refractivity contribution in [1.82, 2.24) is 0 Å². The second-order valence-corrected chi connectivity index (χ2v) is 25.6. The number of unbranched alkanes of at least 4 members (excludes halogenated alkanes) is 3. The molecular weight excluding hydrogens is 1310 g/mol. The average Bonchev–Trinajstić information content (AvgIpc) is 0.889. The van der Waals surface area contributed by atoms with Crippen LogP contribution in [0.4, 0.5) is 0 Å². The minimum atomic E-state index is -1.89. The van der Waals surface area contributed by atoms with Gasteiger partial charge in [-0.25, -0.2) is 0 Å². The van der Waals surface area contributed by atoms with E-state index in [9.17, 15) is 71.2 Å². The van der Waals surface area contributed by atoms with Crippen LogP contribution in [-0.2, 0) is 109 Å². The number of aliphatic hydroxyl groups is 13. The molecule has 29 nitrogen and oxygen atoms in total. The Hall–Kier alpha value is 0.00390. The van der Waals surface area contributed by atoms with Gasteiger partial charge in [0.2, 0.25) is 0 Å². The van der Waals surface area contributed by atoms with Gasteiger partial charge < -0.3 is 142 Å². The Bertz CT molecular complexity index is 2060. The monoisotopic (exact) mass is 1410 g/mol. The Morgan fingerprint density at radius 1 is 0.319 bits per heavy atom. The van der Waals surface area contributed by atoms with Gasteiger partial charge in [-0.15, -0.1) is 0 Å². The van der Waals surface area contributed by atoms with Gasteiger partial charge in [-0.3, -0.25) is 6.29 Å². The number of hydrogen-bond acceptors (Lipinski definition) is 30. The molecule has 0 aromatic rings. The molecule has 31 heteroatoms. The van der Waals surface area contributed by atoms with Crippen LogP contribution < -0.4 is 0 Å². The van der Waals surface area contributed by atoms with Gasteiger partial charge in [-0.05, 0) is 69.3 Å². The van der Waals surface area contributed by atoms with Gasteiger partial charge >= 0.3 is 0 Å². The second-order valence-electron chi connectivity index (χ2n) is 24.2. The third kappa shape index (κ3) is 18.7. The number of rotatable bonds is 17. The fourth-order valence-electron chi connectivity index (χ4n) is 12.8. The number of hydrogen-bond donors (Lipinski definition) is 13. The van der Waals surface area contributed by atoms with E-state index in [1.54, 1.807) is 48.5 Å². The van der Waals surface area contributed by atoms with Crippen molar-refractivity contribution in [2.45, 2.75) is 354 Å². The molecule has 35 unspecified atom stereocenters. The molecule has 0 aromatic carbocycles. The molecule has 21 aliphatic rings. The minimum Gasteiger partial charge on any atom is -0.542 e. The van der Waals surface area contributed by atoms with Crippen molar-refractivity contribution in [3.63, 3.8) is 0 Å². The summed E-state index contributed by atoms with van der Waals surface area (Å²) in [6, 6.07) is 0. The standard InChI is InChI=1S/C52H90O28.C8H15OS.Y/c1-9-17-66-45-37(65)44-24(16-8)73-52(45)80-43-23(15-7)72-50(36(64)30(43)58)78-41-21(13-5)70-48(34(62)28(41)56)76-39-19(11-3)68-46(32(60)26(39)54)74-38-18(10-2)67-47(31(59)25(38)53)75-40-20(12-4)69-49(33(61)27(40)55)77-42-22(14-6)71-51(79-44)35(63)29(42)57;1-2-10-8-6-4-3-5-7-9;/h18-65H,9-17H2,1-8H3;2-6,8H2,1H3;/q;-1;. The van der Waals surface area contributed by atoms with E-state index in [4.69, 9.17) is 71.1 Å². The maximum absolute atomic E-state index is 12.1. The Morgan fingerprint density at radius 2 is 0.560 bits per heavy atom. The maximum Gasteiger partial charge on any atom is 0.187 e. The molecule has 35 atom stereocenters. The van der Waals surface area contributed by atoms with Crippen LogP contribution in [0.5, 0.6) is 0 Å². The van der Waals surface area contributed by atoms with E-state index in [-0.39, 0.29) is 84.3 Å². The Morgan fingerprint density at radius 3 is 0.791 bits per heavy atom. The van der Waals surface area contributed by atoms with E-state index in [0.717, 1.165) is 6.42 Å². The largest absolute Gasteiger partial charge is 0.542 e. The predicted molar refractivity (Wildman–Crippen MR) is 312 cm³/mol. The Labute approximate surface area is 562 Å². The zero-order valence-electron chi connectivity index (χ0n) is 53.6. The summed E-state index contributed by atoms with van der Waals surface area (Å²) in [4.78, 5) is 9.76. The van der Waals surface area contributed by atoms with Gasteiger partial charge in [0.05, 0.1) is 42.7 Å². The summed E-state index contributed by atoms with van der Waals surface area (Å²) in [6.07, 6.45) is -45.8. The molecule has 1 radical (unpaired) electrons. The minimum absolute atomic E-state index is 0. The van der Waals surface area contributed by atoms with Crippen molar-refractivity contribution in [2.24, 2.45) is 0 Å². The Kier molecular flexibility index (Phi) is 33.4. The molecule has 91 heavy (non-hydrogen) atoms. The number of ether oxygens (including phenoxy) is 15. The third-order valence-electron chi connectivity index (χ3n) is 18.1. The van der Waals surface area contributed by atoms with Crippen LogP contribution >= 0.6 is 11.8 Å². The molecule has 21 saturated heterocycles. The van der Waals surface area contributed by atoms with Crippen LogP contribution in [0.2, 0.25) is 0 Å². The smallest absolute Gasteiger partial charge is 0.187 e. The zero-order chi connectivity index (χ0) is 65.8. The SMILES string of the molecule is CCCOC1C2OC(CC)C(OC3OC(CC)C(OC4OC(CC)C(OC5OC(CC)C(OC6OC(CC)C(OC7OC(CC)C(OC8OC(CC)C(O2)C(O)C8O)C(O)C7O)C(O)C6O)C(O)C5O)C(O)C4O)C(O)C3O)C1O.CCSCCCCC[C-]=O.[Y]. The van der Waals surface area contributed by atoms with Crippen molar-refractivity contribution in [3.8, 4) is 0 Å². The fraction of sp³-hybridized carbons (Fsp3) is 0.983. The summed E-state index contributed by atoms with van der Waals surface area (Å²) in [7, 11) is 0. The molecule has 21 fully saturated rings. The maximum atomic E-state index is 12.1. The van der Waals surface area contributed by atoms with Gasteiger partial charge in [-0.2, -0.15) is 18.2 Å². The molecule has 0 aromatic heterocycles. The van der Waals surface area contributed by atoms with Crippen molar-refractivity contribution in [3.05, 3.63) is 0 Å². The summed E-state index contributed by atoms with van der Waals surface area (Å²) >= 11 is 1.97. The quantitative estimate of drug-likeness (QED) is 0.0584. The summed E-state index contributed by atoms with van der Waals surface area (Å²) in [6.45, 7) is 16.0. The first kappa shape index (κ1) is 80.0. The van der Waals surface area contributed by atoms with E-state index in [2.05, 4.69) is 6.92 Å². The molecule has 21 rings (SSSR count). The summed E-state index contributed by atoms with van der Waals surface area (Å²) in [5.41, 5.74) is 0. The molecular formula is C60H105O29SY-. The van der Waals surface area contributed by atoms with Crippen molar-refractivity contribution in [1.29, 1.82) is 0 Å². The Balaban J connectivity index is 0.00000110. The van der Waals surface area contributed by atoms with Gasteiger partial charge in [-0.1, -0.05) is 75.2 Å². The van der Waals surface area contributed by atoms with Crippen LogP contribution in [0.1, 0.15) is 139 Å². The normalized spacial score (nSPS) is 48.3. The molecule has 21 heterocycles. The van der Waals surface area contributed by atoms with Gasteiger partial charge in [0, 0.05) is 39.3 Å². The van der Waals surface area contributed by atoms with Gasteiger partial charge in [0.15, 0.2) is 44.0 Å². The molecule has 0 spiro atoms. The molecule has 0 amide bonds. The third-order valence-corrected chi connectivity index (χ3v) is 19.1. The number of carbonyl (C=O) groups excluding carboxylic acids is 1. The van der Waals surface area contributed by atoms with Crippen LogP contribution in [-0.4, -0.2) is 306 Å². The fourth-order valence-corrected chi connectivity index (χ4v) is 13.5. The van der Waals surface area contributed by atoms with Crippen molar-refractivity contribution >= 4 is 18.0 Å². The average molecular weight is 1410 g/mol. The summed E-state index contributed by atoms with van der Waals surface area (Å²) in [5, 5.41) is 152. The van der Waals surface area contributed by atoms with E-state index < -0.39 is 215 Å². The van der Waals surface area contributed by atoms with Crippen molar-refractivity contribution < 1.29 is 175 Å². The summed E-state index contributed by atoms with van der Waals surface area (Å²) in [5.74, 6) is 2.45. The van der Waals surface area contributed by atoms with E-state index in [0.29, 0.717) is 12.8 Å². The first-order valence-electron chi connectivity index (χ1n) is 32.7. The molecule has 529 valence electrons. The first-order valence-corrected chi connectivity index (χ1v) is 33.8. The first-order chi connectivity index (χ1) is 43.1. The van der Waals surface area contributed by atoms with Crippen LogP contribution in [0, 0.1) is 0 Å². The zero-order valence-corrected chi connectivity index (χ0v) is 57.3. The molecule has 0 saturated carbocycles. The van der Waals surface area contributed by atoms with E-state index in [1.165, 1.54) is 24.3 Å². The molecule has 13 N–H and O–H groups in total. The van der Waals surface area contributed by atoms with Crippen LogP contribution in [0.3, 0.4) is 0 Å². The molecule has 21 aliphatic heterocycles. The number of thioether (sulfide) groups is 1. The van der Waals surface area contributed by atoms with Crippen LogP contribution in [0.25, 0.3) is 0 Å². The topological polar surface area (TPSA) is 419 Å².